The maximum atomic E-state index is 12.2. The third-order valence-corrected chi connectivity index (χ3v) is 3.39. The molecule has 0 aliphatic heterocycles. The highest BCUT2D eigenvalue weighted by molar-refractivity contribution is 6.30. The van der Waals surface area contributed by atoms with Gasteiger partial charge < -0.3 is 15.6 Å². The van der Waals surface area contributed by atoms with E-state index in [0.717, 1.165) is 5.56 Å². The summed E-state index contributed by atoms with van der Waals surface area (Å²) in [5.74, 6) is -0.634. The van der Waals surface area contributed by atoms with Gasteiger partial charge in [-0.05, 0) is 17.7 Å². The van der Waals surface area contributed by atoms with Crippen LogP contribution in [0.1, 0.15) is 24.9 Å². The number of aromatic nitrogens is 1. The van der Waals surface area contributed by atoms with Gasteiger partial charge in [0.25, 0.3) is 0 Å². The van der Waals surface area contributed by atoms with Gasteiger partial charge in [-0.2, -0.15) is 0 Å². The maximum absolute atomic E-state index is 12.2. The number of benzene rings is 1. The molecule has 0 saturated heterocycles. The van der Waals surface area contributed by atoms with Gasteiger partial charge in [-0.25, -0.2) is 0 Å². The lowest BCUT2D eigenvalue weighted by Crippen LogP contribution is -2.30. The Morgan fingerprint density at radius 1 is 1.22 bits per heavy atom. The van der Waals surface area contributed by atoms with E-state index in [9.17, 15) is 14.4 Å². The van der Waals surface area contributed by atoms with E-state index in [0.29, 0.717) is 5.02 Å². The summed E-state index contributed by atoms with van der Waals surface area (Å²) in [6.45, 7) is 1.38. The maximum Gasteiger partial charge on any atom is 0.226 e. The van der Waals surface area contributed by atoms with Crippen molar-refractivity contribution in [3.63, 3.8) is 0 Å². The summed E-state index contributed by atoms with van der Waals surface area (Å²) in [4.78, 5) is 37.9. The molecule has 1 aromatic carbocycles. The zero-order chi connectivity index (χ0) is 16.8. The monoisotopic (exact) mass is 333 g/mol. The molecule has 0 bridgehead atoms. The van der Waals surface area contributed by atoms with Gasteiger partial charge in [-0.1, -0.05) is 23.7 Å². The van der Waals surface area contributed by atoms with E-state index in [4.69, 9.17) is 11.6 Å². The number of rotatable bonds is 5. The Morgan fingerprint density at radius 2 is 1.91 bits per heavy atom. The van der Waals surface area contributed by atoms with Gasteiger partial charge in [0.05, 0.1) is 12.5 Å². The fourth-order valence-corrected chi connectivity index (χ4v) is 2.22. The molecule has 0 radical (unpaired) electrons. The van der Waals surface area contributed by atoms with E-state index in [2.05, 4.69) is 15.6 Å². The summed E-state index contributed by atoms with van der Waals surface area (Å²) in [6.07, 6.45) is 2.89. The topological polar surface area (TPSA) is 91.1 Å². The van der Waals surface area contributed by atoms with Crippen molar-refractivity contribution in [2.45, 2.75) is 19.4 Å². The van der Waals surface area contributed by atoms with Crippen molar-refractivity contribution in [3.8, 4) is 0 Å². The van der Waals surface area contributed by atoms with Gasteiger partial charge in [-0.15, -0.1) is 0 Å². The van der Waals surface area contributed by atoms with Crippen LogP contribution in [0.3, 0.4) is 0 Å². The molecule has 0 aliphatic carbocycles. The Hall–Kier alpha value is -2.60. The van der Waals surface area contributed by atoms with Crippen LogP contribution in [0.2, 0.25) is 5.02 Å². The molecule has 0 saturated carbocycles. The summed E-state index contributed by atoms with van der Waals surface area (Å²) in [5, 5.41) is 5.82. The van der Waals surface area contributed by atoms with E-state index in [1.54, 1.807) is 24.3 Å². The van der Waals surface area contributed by atoms with Gasteiger partial charge in [-0.3, -0.25) is 14.4 Å². The van der Waals surface area contributed by atoms with Crippen molar-refractivity contribution >= 4 is 29.1 Å². The first kappa shape index (κ1) is 16.8. The standard InChI is InChI=1S/C16H16ClN3O3/c1-10(21)19-13(11-2-4-12(17)5-3-11)8-16(23)20-14-9-18-7-6-15(14)22/h2-7,9,13H,8H2,1H3,(H,18,22)(H,19,21)(H,20,23)/t13-/m0/s1. The highest BCUT2D eigenvalue weighted by Gasteiger charge is 2.17. The van der Waals surface area contributed by atoms with Gasteiger partial charge in [0.15, 0.2) is 0 Å². The fourth-order valence-electron chi connectivity index (χ4n) is 2.09. The minimum Gasteiger partial charge on any atom is -0.366 e. The number of halogens is 1. The highest BCUT2D eigenvalue weighted by atomic mass is 35.5. The Bertz CT molecular complexity index is 756. The van der Waals surface area contributed by atoms with Crippen LogP contribution in [0.4, 0.5) is 5.69 Å². The molecule has 2 aromatic rings. The average Bonchev–Trinajstić information content (AvgIpc) is 2.49. The number of carbonyl (C=O) groups is 2. The number of nitrogens with one attached hydrogen (secondary N) is 3. The average molecular weight is 334 g/mol. The Morgan fingerprint density at radius 3 is 2.52 bits per heavy atom. The Kier molecular flexibility index (Phi) is 5.54. The van der Waals surface area contributed by atoms with Crippen molar-refractivity contribution in [1.29, 1.82) is 0 Å². The molecule has 0 fully saturated rings. The minimum atomic E-state index is -0.507. The molecule has 0 spiro atoms. The summed E-state index contributed by atoms with van der Waals surface area (Å²) in [6, 6.07) is 7.67. The number of hydrogen-bond acceptors (Lipinski definition) is 3. The van der Waals surface area contributed by atoms with Crippen LogP contribution in [0.25, 0.3) is 0 Å². The van der Waals surface area contributed by atoms with E-state index in [-0.39, 0.29) is 29.4 Å². The molecule has 23 heavy (non-hydrogen) atoms. The quantitative estimate of drug-likeness (QED) is 0.783. The van der Waals surface area contributed by atoms with Gasteiger partial charge >= 0.3 is 0 Å². The molecule has 120 valence electrons. The van der Waals surface area contributed by atoms with Gasteiger partial charge in [0, 0.05) is 30.4 Å². The summed E-state index contributed by atoms with van der Waals surface area (Å²) < 4.78 is 0. The van der Waals surface area contributed by atoms with Crippen molar-refractivity contribution in [2.24, 2.45) is 0 Å². The lowest BCUT2D eigenvalue weighted by molar-refractivity contribution is -0.120. The predicted octanol–water partition coefficient (Wildman–Crippen LogP) is 2.23. The molecule has 1 atom stereocenters. The second-order valence-corrected chi connectivity index (χ2v) is 5.42. The molecule has 1 heterocycles. The van der Waals surface area contributed by atoms with Crippen molar-refractivity contribution in [3.05, 3.63) is 63.5 Å². The SMILES string of the molecule is CC(=O)N[C@@H](CC(=O)Nc1c[nH]ccc1=O)c1ccc(Cl)cc1. The van der Waals surface area contributed by atoms with Crippen LogP contribution in [-0.4, -0.2) is 16.8 Å². The molecular formula is C16H16ClN3O3. The highest BCUT2D eigenvalue weighted by Crippen LogP contribution is 2.20. The molecule has 6 nitrogen and oxygen atoms in total. The number of hydrogen-bond donors (Lipinski definition) is 3. The van der Waals surface area contributed by atoms with Crippen molar-refractivity contribution in [2.75, 3.05) is 5.32 Å². The lowest BCUT2D eigenvalue weighted by atomic mass is 10.0. The van der Waals surface area contributed by atoms with E-state index in [1.165, 1.54) is 25.4 Å². The molecule has 7 heteroatoms. The molecule has 2 rings (SSSR count). The fraction of sp³-hybridized carbons (Fsp3) is 0.188. The first-order chi connectivity index (χ1) is 11.0. The zero-order valence-electron chi connectivity index (χ0n) is 12.4. The van der Waals surface area contributed by atoms with Gasteiger partial charge in [0.2, 0.25) is 17.2 Å². The van der Waals surface area contributed by atoms with Crippen LogP contribution in [0.15, 0.2) is 47.5 Å². The third kappa shape index (κ3) is 4.96. The number of aromatic amines is 1. The number of carbonyl (C=O) groups excluding carboxylic acids is 2. The first-order valence-electron chi connectivity index (χ1n) is 6.95. The lowest BCUT2D eigenvalue weighted by Gasteiger charge is -2.18. The van der Waals surface area contributed by atoms with Crippen molar-refractivity contribution in [1.82, 2.24) is 10.3 Å². The van der Waals surface area contributed by atoms with E-state index in [1.807, 2.05) is 0 Å². The molecule has 1 aromatic heterocycles. The predicted molar refractivity (Wildman–Crippen MR) is 88.3 cm³/mol. The van der Waals surface area contributed by atoms with E-state index >= 15 is 0 Å². The van der Waals surface area contributed by atoms with Crippen molar-refractivity contribution < 1.29 is 9.59 Å². The number of H-pyrrole nitrogens is 1. The zero-order valence-corrected chi connectivity index (χ0v) is 13.2. The second kappa shape index (κ2) is 7.60. The summed E-state index contributed by atoms with van der Waals surface area (Å²) in [5.41, 5.74) is 0.622. The summed E-state index contributed by atoms with van der Waals surface area (Å²) >= 11 is 5.85. The second-order valence-electron chi connectivity index (χ2n) is 4.98. The third-order valence-electron chi connectivity index (χ3n) is 3.14. The smallest absolute Gasteiger partial charge is 0.226 e. The van der Waals surface area contributed by atoms with Gasteiger partial charge in [0.1, 0.15) is 5.69 Å². The van der Waals surface area contributed by atoms with Crippen LogP contribution in [0, 0.1) is 0 Å². The van der Waals surface area contributed by atoms with Crippen LogP contribution in [0.5, 0.6) is 0 Å². The van der Waals surface area contributed by atoms with Crippen LogP contribution >= 0.6 is 11.6 Å². The van der Waals surface area contributed by atoms with Crippen LogP contribution < -0.4 is 16.1 Å². The molecule has 2 amide bonds. The Balaban J connectivity index is 2.12. The first-order valence-corrected chi connectivity index (χ1v) is 7.33. The summed E-state index contributed by atoms with van der Waals surface area (Å²) in [7, 11) is 0. The molecular weight excluding hydrogens is 318 g/mol. The minimum absolute atomic E-state index is 0.00442. The van der Waals surface area contributed by atoms with Crippen LogP contribution in [-0.2, 0) is 9.59 Å². The Labute approximate surface area is 137 Å². The molecule has 0 unspecified atom stereocenters. The molecule has 0 aliphatic rings. The largest absolute Gasteiger partial charge is 0.366 e. The number of amides is 2. The normalized spacial score (nSPS) is 11.6. The van der Waals surface area contributed by atoms with E-state index < -0.39 is 6.04 Å². The number of pyridine rings is 1. The molecule has 3 N–H and O–H groups in total. The number of anilines is 1.